The summed E-state index contributed by atoms with van der Waals surface area (Å²) in [5.74, 6) is 2.06. The SMILES string of the molecule is C#C.CC1=C(c2cccc(S(C)(=O)=O)c2)COc2ccc(O)cc21.FCC1CN(CCOc2ccccc2)C1. The lowest BCUT2D eigenvalue weighted by Crippen LogP contribution is -2.49. The Bertz CT molecular complexity index is 1400. The van der Waals surface area contributed by atoms with Crippen LogP contribution >= 0.6 is 0 Å². The van der Waals surface area contributed by atoms with Gasteiger partial charge in [0.1, 0.15) is 30.5 Å². The first-order valence-electron chi connectivity index (χ1n) is 12.5. The van der Waals surface area contributed by atoms with Crippen molar-refractivity contribution >= 4 is 21.0 Å². The molecule has 0 aliphatic carbocycles. The second-order valence-corrected chi connectivity index (χ2v) is 11.3. The van der Waals surface area contributed by atoms with Crippen molar-refractivity contribution in [3.63, 3.8) is 0 Å². The number of rotatable bonds is 7. The fraction of sp³-hybridized carbons (Fsp3) is 0.290. The number of hydrogen-bond acceptors (Lipinski definition) is 6. The van der Waals surface area contributed by atoms with Crippen LogP contribution in [0.4, 0.5) is 4.39 Å². The molecule has 1 saturated heterocycles. The third-order valence-electron chi connectivity index (χ3n) is 6.47. The Labute approximate surface area is 230 Å². The Morgan fingerprint density at radius 2 is 1.77 bits per heavy atom. The van der Waals surface area contributed by atoms with Crippen LogP contribution < -0.4 is 9.47 Å². The van der Waals surface area contributed by atoms with Gasteiger partial charge in [-0.15, -0.1) is 12.8 Å². The highest BCUT2D eigenvalue weighted by atomic mass is 32.2. The Hall–Kier alpha value is -3.80. The van der Waals surface area contributed by atoms with Crippen LogP contribution in [0.15, 0.2) is 77.7 Å². The van der Waals surface area contributed by atoms with E-state index in [2.05, 4.69) is 17.7 Å². The monoisotopic (exact) mass is 551 g/mol. The lowest BCUT2D eigenvalue weighted by Gasteiger charge is -2.37. The number of ether oxygens (including phenoxy) is 2. The number of halogens is 1. The van der Waals surface area contributed by atoms with E-state index in [0.29, 0.717) is 13.2 Å². The molecule has 2 aliphatic rings. The van der Waals surface area contributed by atoms with Crippen molar-refractivity contribution in [1.29, 1.82) is 0 Å². The Kier molecular flexibility index (Phi) is 10.6. The molecule has 2 heterocycles. The van der Waals surface area contributed by atoms with Crippen LogP contribution in [0.3, 0.4) is 0 Å². The summed E-state index contributed by atoms with van der Waals surface area (Å²) in [5.41, 5.74) is 3.53. The van der Waals surface area contributed by atoms with E-state index in [1.165, 1.54) is 6.26 Å². The quantitative estimate of drug-likeness (QED) is 0.400. The zero-order valence-electron chi connectivity index (χ0n) is 22.2. The number of likely N-dealkylation sites (tertiary alicyclic amines) is 1. The minimum Gasteiger partial charge on any atom is -0.508 e. The number of alkyl halides is 1. The van der Waals surface area contributed by atoms with Crippen LogP contribution in [0.5, 0.6) is 17.2 Å². The normalized spacial score (nSPS) is 14.9. The number of phenols is 1. The molecule has 0 bridgehead atoms. The lowest BCUT2D eigenvalue weighted by molar-refractivity contribution is 0.0668. The molecule has 6 nitrogen and oxygen atoms in total. The molecule has 3 aromatic carbocycles. The molecule has 2 aliphatic heterocycles. The summed E-state index contributed by atoms with van der Waals surface area (Å²) in [6, 6.07) is 21.6. The molecule has 0 atom stereocenters. The zero-order chi connectivity index (χ0) is 28.4. The first-order valence-corrected chi connectivity index (χ1v) is 14.4. The second kappa shape index (κ2) is 13.8. The van der Waals surface area contributed by atoms with Crippen LogP contribution in [-0.4, -0.2) is 64.2 Å². The lowest BCUT2D eigenvalue weighted by atomic mass is 9.93. The smallest absolute Gasteiger partial charge is 0.175 e. The number of allylic oxidation sites excluding steroid dienone is 1. The highest BCUT2D eigenvalue weighted by Crippen LogP contribution is 2.38. The number of fused-ring (bicyclic) bond motifs is 1. The zero-order valence-corrected chi connectivity index (χ0v) is 23.0. The molecule has 8 heteroatoms. The molecule has 5 rings (SSSR count). The molecule has 0 saturated carbocycles. The van der Waals surface area contributed by atoms with Gasteiger partial charge in [0.2, 0.25) is 0 Å². The number of sulfone groups is 1. The highest BCUT2D eigenvalue weighted by molar-refractivity contribution is 7.90. The summed E-state index contributed by atoms with van der Waals surface area (Å²) in [6.07, 6.45) is 9.19. The third-order valence-corrected chi connectivity index (χ3v) is 7.58. The predicted octanol–water partition coefficient (Wildman–Crippen LogP) is 5.33. The molecule has 0 aromatic heterocycles. The van der Waals surface area contributed by atoms with Gasteiger partial charge in [0, 0.05) is 42.9 Å². The Morgan fingerprint density at radius 1 is 1.05 bits per heavy atom. The number of terminal acetylenes is 1. The fourth-order valence-electron chi connectivity index (χ4n) is 4.34. The van der Waals surface area contributed by atoms with Crippen molar-refractivity contribution in [2.45, 2.75) is 11.8 Å². The van der Waals surface area contributed by atoms with Crippen molar-refractivity contribution < 1.29 is 27.4 Å². The van der Waals surface area contributed by atoms with Crippen LogP contribution in [0.2, 0.25) is 0 Å². The number of phenolic OH excluding ortho intramolecular Hbond substituents is 1. The van der Waals surface area contributed by atoms with Gasteiger partial charge in [-0.3, -0.25) is 9.29 Å². The topological polar surface area (TPSA) is 76.1 Å². The maximum absolute atomic E-state index is 12.1. The summed E-state index contributed by atoms with van der Waals surface area (Å²) in [4.78, 5) is 2.50. The second-order valence-electron chi connectivity index (χ2n) is 9.31. The van der Waals surface area contributed by atoms with E-state index in [1.54, 1.807) is 36.4 Å². The van der Waals surface area contributed by atoms with Crippen molar-refractivity contribution in [1.82, 2.24) is 4.90 Å². The Balaban J connectivity index is 0.000000216. The summed E-state index contributed by atoms with van der Waals surface area (Å²) in [5, 5.41) is 9.66. The van der Waals surface area contributed by atoms with Crippen molar-refractivity contribution in [2.24, 2.45) is 5.92 Å². The summed E-state index contributed by atoms with van der Waals surface area (Å²) in [6.45, 7) is 5.48. The first-order chi connectivity index (χ1) is 18.7. The van der Waals surface area contributed by atoms with Gasteiger partial charge >= 0.3 is 0 Å². The number of hydrogen-bond donors (Lipinski definition) is 1. The molecule has 39 heavy (non-hydrogen) atoms. The van der Waals surface area contributed by atoms with E-state index >= 15 is 0 Å². The van der Waals surface area contributed by atoms with Gasteiger partial charge in [-0.2, -0.15) is 0 Å². The molecule has 1 N–H and O–H groups in total. The molecule has 3 aromatic rings. The number of para-hydroxylation sites is 1. The molecular formula is C31H34FNO5S. The van der Waals surface area contributed by atoms with E-state index in [9.17, 15) is 17.9 Å². The van der Waals surface area contributed by atoms with Crippen molar-refractivity contribution in [3.8, 4) is 30.1 Å². The van der Waals surface area contributed by atoms with Gasteiger partial charge in [0.25, 0.3) is 0 Å². The number of nitrogens with zero attached hydrogens (tertiary/aromatic N) is 1. The van der Waals surface area contributed by atoms with Crippen molar-refractivity contribution in [2.75, 3.05) is 45.8 Å². The molecule has 0 spiro atoms. The summed E-state index contributed by atoms with van der Waals surface area (Å²) in [7, 11) is -3.25. The van der Waals surface area contributed by atoms with Gasteiger partial charge in [0.05, 0.1) is 11.6 Å². The van der Waals surface area contributed by atoms with Gasteiger partial charge < -0.3 is 14.6 Å². The van der Waals surface area contributed by atoms with E-state index in [-0.39, 0.29) is 23.2 Å². The van der Waals surface area contributed by atoms with Gasteiger partial charge in [0.15, 0.2) is 9.84 Å². The van der Waals surface area contributed by atoms with Gasteiger partial charge in [-0.05, 0) is 60.5 Å². The largest absolute Gasteiger partial charge is 0.508 e. The third kappa shape index (κ3) is 8.09. The predicted molar refractivity (Wildman–Crippen MR) is 153 cm³/mol. The van der Waals surface area contributed by atoms with Gasteiger partial charge in [-0.1, -0.05) is 30.3 Å². The first kappa shape index (κ1) is 29.8. The Morgan fingerprint density at radius 3 is 2.44 bits per heavy atom. The highest BCUT2D eigenvalue weighted by Gasteiger charge is 2.25. The molecule has 0 amide bonds. The van der Waals surface area contributed by atoms with E-state index in [4.69, 9.17) is 9.47 Å². The standard InChI is InChI=1S/C17H16O4S.C12H16FNO.C2H2/c1-11-15-9-13(18)6-7-17(15)21-10-16(11)12-4-3-5-14(8-12)22(2,19)20;13-8-11-9-14(10-11)6-7-15-12-4-2-1-3-5-12;1-2/h3-9,18H,10H2,1-2H3;1-5,11H,6-10H2;1-2H. The average molecular weight is 552 g/mol. The van der Waals surface area contributed by atoms with Gasteiger partial charge in [-0.25, -0.2) is 8.42 Å². The molecule has 0 radical (unpaired) electrons. The molecular weight excluding hydrogens is 517 g/mol. The maximum atomic E-state index is 12.1. The minimum absolute atomic E-state index is 0.174. The van der Waals surface area contributed by atoms with E-state index in [0.717, 1.165) is 53.4 Å². The maximum Gasteiger partial charge on any atom is 0.175 e. The van der Waals surface area contributed by atoms with E-state index < -0.39 is 9.84 Å². The van der Waals surface area contributed by atoms with Crippen LogP contribution in [-0.2, 0) is 9.84 Å². The molecule has 0 unspecified atom stereocenters. The van der Waals surface area contributed by atoms with E-state index in [1.807, 2.05) is 43.3 Å². The summed E-state index contributed by atoms with van der Waals surface area (Å²) >= 11 is 0. The number of aromatic hydroxyl groups is 1. The average Bonchev–Trinajstić information content (AvgIpc) is 2.92. The molecule has 1 fully saturated rings. The summed E-state index contributed by atoms with van der Waals surface area (Å²) < 4.78 is 46.8. The van der Waals surface area contributed by atoms with Crippen LogP contribution in [0.1, 0.15) is 18.1 Å². The fourth-order valence-corrected chi connectivity index (χ4v) is 5.01. The number of benzene rings is 3. The molecule has 206 valence electrons. The van der Waals surface area contributed by atoms with Crippen LogP contribution in [0, 0.1) is 18.8 Å². The van der Waals surface area contributed by atoms with Crippen LogP contribution in [0.25, 0.3) is 11.1 Å². The van der Waals surface area contributed by atoms with Crippen molar-refractivity contribution in [3.05, 3.63) is 83.9 Å². The minimum atomic E-state index is -3.25.